The quantitative estimate of drug-likeness (QED) is 0.337. The van der Waals surface area contributed by atoms with E-state index in [1.54, 1.807) is 50.4 Å². The van der Waals surface area contributed by atoms with Crippen LogP contribution in [0.2, 0.25) is 0 Å². The number of nitrogens with two attached hydrogens (primary N) is 1. The third-order valence-electron chi connectivity index (χ3n) is 7.73. The van der Waals surface area contributed by atoms with E-state index < -0.39 is 29.1 Å². The second kappa shape index (κ2) is 12.6. The first-order valence-electron chi connectivity index (χ1n) is 13.3. The second-order valence-corrected chi connectivity index (χ2v) is 10.1. The number of carbonyl (C=O) groups excluding carboxylic acids is 1. The van der Waals surface area contributed by atoms with Crippen LogP contribution in [-0.2, 0) is 10.2 Å². The van der Waals surface area contributed by atoms with E-state index in [0.717, 1.165) is 31.6 Å². The van der Waals surface area contributed by atoms with Crippen molar-refractivity contribution < 1.29 is 28.2 Å². The molecule has 1 atom stereocenters. The van der Waals surface area contributed by atoms with Crippen LogP contribution in [0.5, 0.6) is 11.5 Å². The molecule has 1 aliphatic rings. The Morgan fingerprint density at radius 2 is 1.56 bits per heavy atom. The summed E-state index contributed by atoms with van der Waals surface area (Å²) in [5.41, 5.74) is 6.90. The number of hydrogen-bond donors (Lipinski definition) is 2. The lowest BCUT2D eigenvalue weighted by Gasteiger charge is -2.43. The van der Waals surface area contributed by atoms with Gasteiger partial charge < -0.3 is 25.2 Å². The summed E-state index contributed by atoms with van der Waals surface area (Å²) in [6.45, 7) is 4.53. The number of carbonyl (C=O) groups is 1. The van der Waals surface area contributed by atoms with Crippen LogP contribution in [0.1, 0.15) is 49.0 Å². The Morgan fingerprint density at radius 3 is 2.05 bits per heavy atom. The molecule has 1 heterocycles. The molecule has 0 saturated carbocycles. The first kappa shape index (κ1) is 28.5. The molecule has 1 aliphatic heterocycles. The fourth-order valence-electron chi connectivity index (χ4n) is 5.67. The van der Waals surface area contributed by atoms with E-state index in [0.29, 0.717) is 42.1 Å². The topological polar surface area (TPSA) is 85.0 Å². The van der Waals surface area contributed by atoms with Gasteiger partial charge in [0.25, 0.3) is 0 Å². The molecule has 4 rings (SSSR count). The lowest BCUT2D eigenvalue weighted by atomic mass is 9.62. The molecule has 0 bridgehead atoms. The standard InChI is InChI=1S/C31H36F2N2O4/c1-21(36)22-4-13-28(29(20-22)38-2)39-19-3-16-35-17-14-25(15-18-35)31(30(34)37,23-5-9-26(32)10-6-23)24-7-11-27(33)12-8-24/h4-13,20-21,25,36H,3,14-19H2,1-2H3,(H2,34,37). The summed E-state index contributed by atoms with van der Waals surface area (Å²) in [4.78, 5) is 15.5. The summed E-state index contributed by atoms with van der Waals surface area (Å²) in [7, 11) is 1.57. The highest BCUT2D eigenvalue weighted by molar-refractivity contribution is 5.91. The average molecular weight is 539 g/mol. The Labute approximate surface area is 228 Å². The predicted molar refractivity (Wildman–Crippen MR) is 146 cm³/mol. The fraction of sp³-hybridized carbons (Fsp3) is 0.387. The van der Waals surface area contributed by atoms with Crippen LogP contribution in [-0.4, -0.2) is 49.3 Å². The van der Waals surface area contributed by atoms with E-state index in [2.05, 4.69) is 4.90 Å². The normalized spacial score (nSPS) is 15.6. The molecule has 6 nitrogen and oxygen atoms in total. The monoisotopic (exact) mass is 538 g/mol. The van der Waals surface area contributed by atoms with E-state index in [4.69, 9.17) is 15.2 Å². The molecule has 0 aliphatic carbocycles. The number of primary amides is 1. The Bertz CT molecular complexity index is 1190. The van der Waals surface area contributed by atoms with Gasteiger partial charge in [-0.3, -0.25) is 4.79 Å². The number of halogens is 2. The zero-order valence-corrected chi connectivity index (χ0v) is 22.4. The summed E-state index contributed by atoms with van der Waals surface area (Å²) in [5, 5.41) is 9.79. The van der Waals surface area contributed by atoms with Crippen molar-refractivity contribution in [2.45, 2.75) is 37.7 Å². The second-order valence-electron chi connectivity index (χ2n) is 10.1. The number of aliphatic hydroxyl groups excluding tert-OH is 1. The van der Waals surface area contributed by atoms with Crippen molar-refractivity contribution in [1.29, 1.82) is 0 Å². The number of hydrogen-bond acceptors (Lipinski definition) is 5. The third kappa shape index (κ3) is 6.23. The van der Waals surface area contributed by atoms with E-state index >= 15 is 0 Å². The van der Waals surface area contributed by atoms with Gasteiger partial charge in [0.2, 0.25) is 5.91 Å². The number of aliphatic hydroxyl groups is 1. The van der Waals surface area contributed by atoms with Crippen molar-refractivity contribution in [3.63, 3.8) is 0 Å². The van der Waals surface area contributed by atoms with Crippen molar-refractivity contribution >= 4 is 5.91 Å². The number of amides is 1. The predicted octanol–water partition coefficient (Wildman–Crippen LogP) is 4.98. The number of benzene rings is 3. The highest BCUT2D eigenvalue weighted by Crippen LogP contribution is 2.44. The molecule has 8 heteroatoms. The van der Waals surface area contributed by atoms with Gasteiger partial charge in [-0.05, 0) is 98.3 Å². The molecule has 3 aromatic rings. The van der Waals surface area contributed by atoms with E-state index in [1.807, 2.05) is 6.07 Å². The van der Waals surface area contributed by atoms with Crippen molar-refractivity contribution in [3.05, 3.63) is 95.1 Å². The molecule has 1 saturated heterocycles. The summed E-state index contributed by atoms with van der Waals surface area (Å²) >= 11 is 0. The van der Waals surface area contributed by atoms with Crippen LogP contribution in [0.4, 0.5) is 8.78 Å². The molecule has 1 amide bonds. The summed E-state index contributed by atoms with van der Waals surface area (Å²) in [5.74, 6) is -0.239. The maximum Gasteiger partial charge on any atom is 0.232 e. The largest absolute Gasteiger partial charge is 0.493 e. The lowest BCUT2D eigenvalue weighted by Crippen LogP contribution is -2.52. The number of rotatable bonds is 11. The van der Waals surface area contributed by atoms with Crippen LogP contribution in [0.3, 0.4) is 0 Å². The Balaban J connectivity index is 1.42. The minimum absolute atomic E-state index is 0.130. The van der Waals surface area contributed by atoms with Crippen LogP contribution in [0.15, 0.2) is 66.7 Å². The van der Waals surface area contributed by atoms with Crippen LogP contribution >= 0.6 is 0 Å². The van der Waals surface area contributed by atoms with Gasteiger partial charge >= 0.3 is 0 Å². The zero-order valence-electron chi connectivity index (χ0n) is 22.4. The summed E-state index contributed by atoms with van der Waals surface area (Å²) in [6.07, 6.45) is 1.61. The molecule has 39 heavy (non-hydrogen) atoms. The van der Waals surface area contributed by atoms with E-state index in [9.17, 15) is 18.7 Å². The van der Waals surface area contributed by atoms with Gasteiger partial charge in [-0.15, -0.1) is 0 Å². The van der Waals surface area contributed by atoms with Gasteiger partial charge in [0, 0.05) is 6.54 Å². The highest BCUT2D eigenvalue weighted by Gasteiger charge is 2.48. The summed E-state index contributed by atoms with van der Waals surface area (Å²) < 4.78 is 38.9. The van der Waals surface area contributed by atoms with Crippen LogP contribution < -0.4 is 15.2 Å². The maximum absolute atomic E-state index is 13.8. The minimum Gasteiger partial charge on any atom is -0.493 e. The molecule has 1 unspecified atom stereocenters. The van der Waals surface area contributed by atoms with Crippen molar-refractivity contribution in [1.82, 2.24) is 4.90 Å². The minimum atomic E-state index is -1.19. The SMILES string of the molecule is COc1cc(C(C)O)ccc1OCCCN1CCC(C(C(N)=O)(c2ccc(F)cc2)c2ccc(F)cc2)CC1. The van der Waals surface area contributed by atoms with Gasteiger partial charge in [-0.25, -0.2) is 8.78 Å². The lowest BCUT2D eigenvalue weighted by molar-refractivity contribution is -0.124. The van der Waals surface area contributed by atoms with Gasteiger partial charge in [0.1, 0.15) is 17.0 Å². The molecule has 3 N–H and O–H groups in total. The van der Waals surface area contributed by atoms with Crippen LogP contribution in [0, 0.1) is 17.6 Å². The van der Waals surface area contributed by atoms with Gasteiger partial charge in [-0.1, -0.05) is 30.3 Å². The smallest absolute Gasteiger partial charge is 0.232 e. The van der Waals surface area contributed by atoms with Crippen molar-refractivity contribution in [2.75, 3.05) is 33.4 Å². The van der Waals surface area contributed by atoms with Crippen molar-refractivity contribution in [3.8, 4) is 11.5 Å². The average Bonchev–Trinajstić information content (AvgIpc) is 2.94. The number of nitrogens with zero attached hydrogens (tertiary/aromatic N) is 1. The zero-order chi connectivity index (χ0) is 28.0. The molecule has 0 spiro atoms. The molecule has 208 valence electrons. The third-order valence-corrected chi connectivity index (χ3v) is 7.73. The van der Waals surface area contributed by atoms with Crippen LogP contribution in [0.25, 0.3) is 0 Å². The van der Waals surface area contributed by atoms with Gasteiger partial charge in [-0.2, -0.15) is 0 Å². The summed E-state index contributed by atoms with van der Waals surface area (Å²) in [6, 6.07) is 17.2. The maximum atomic E-state index is 13.8. The van der Waals surface area contributed by atoms with E-state index in [-0.39, 0.29) is 5.92 Å². The Morgan fingerprint density at radius 1 is 1.00 bits per heavy atom. The number of likely N-dealkylation sites (tertiary alicyclic amines) is 1. The van der Waals surface area contributed by atoms with Crippen molar-refractivity contribution in [2.24, 2.45) is 11.7 Å². The highest BCUT2D eigenvalue weighted by atomic mass is 19.1. The number of piperidine rings is 1. The molecule has 0 radical (unpaired) electrons. The molecular formula is C31H36F2N2O4. The fourth-order valence-corrected chi connectivity index (χ4v) is 5.67. The first-order valence-corrected chi connectivity index (χ1v) is 13.3. The van der Waals surface area contributed by atoms with E-state index in [1.165, 1.54) is 24.3 Å². The molecule has 1 fully saturated rings. The molecule has 0 aromatic heterocycles. The number of ether oxygens (including phenoxy) is 2. The van der Waals surface area contributed by atoms with Gasteiger partial charge in [0.05, 0.1) is 19.8 Å². The number of methoxy groups -OCH3 is 1. The van der Waals surface area contributed by atoms with Gasteiger partial charge in [0.15, 0.2) is 11.5 Å². The Hall–Kier alpha value is -3.49. The molecular weight excluding hydrogens is 502 g/mol. The molecule has 3 aromatic carbocycles. The Kier molecular flexibility index (Phi) is 9.20. The first-order chi connectivity index (χ1) is 18.7.